The SMILES string of the molecule is Cc1cnc2ccc([C@H](C)N3C[C@H](C)N(c4c5c(ccc(=O)n5C)nn4C4CCCCO4)C[C@H]3C)cc2n1. The predicted molar refractivity (Wildman–Crippen MR) is 149 cm³/mol. The van der Waals surface area contributed by atoms with Gasteiger partial charge in [0, 0.05) is 57.1 Å². The van der Waals surface area contributed by atoms with Crippen LogP contribution in [0.1, 0.15) is 63.6 Å². The third kappa shape index (κ3) is 4.27. The number of hydrogen-bond acceptors (Lipinski definition) is 7. The largest absolute Gasteiger partial charge is 0.356 e. The Labute approximate surface area is 223 Å². The minimum Gasteiger partial charge on any atom is -0.356 e. The van der Waals surface area contributed by atoms with Gasteiger partial charge in [0.25, 0.3) is 5.56 Å². The van der Waals surface area contributed by atoms with Crippen LogP contribution in [0.4, 0.5) is 5.82 Å². The second kappa shape index (κ2) is 9.78. The molecule has 1 unspecified atom stereocenters. The van der Waals surface area contributed by atoms with Gasteiger partial charge in [0.05, 0.1) is 16.7 Å². The fourth-order valence-electron chi connectivity index (χ4n) is 6.19. The lowest BCUT2D eigenvalue weighted by atomic mass is 10.00. The van der Waals surface area contributed by atoms with Gasteiger partial charge in [0.15, 0.2) is 12.0 Å². The summed E-state index contributed by atoms with van der Waals surface area (Å²) in [5.41, 5.74) is 5.74. The van der Waals surface area contributed by atoms with E-state index in [9.17, 15) is 4.79 Å². The zero-order valence-corrected chi connectivity index (χ0v) is 23.0. The van der Waals surface area contributed by atoms with Crippen LogP contribution in [0.15, 0.2) is 41.3 Å². The number of aromatic nitrogens is 5. The van der Waals surface area contributed by atoms with E-state index in [1.54, 1.807) is 10.6 Å². The number of rotatable bonds is 4. The average molecular weight is 516 g/mol. The van der Waals surface area contributed by atoms with E-state index in [2.05, 4.69) is 58.4 Å². The van der Waals surface area contributed by atoms with Crippen molar-refractivity contribution in [1.82, 2.24) is 29.2 Å². The molecule has 0 spiro atoms. The summed E-state index contributed by atoms with van der Waals surface area (Å²) in [5.74, 6) is 0.996. The van der Waals surface area contributed by atoms with Crippen molar-refractivity contribution in [2.24, 2.45) is 7.05 Å². The van der Waals surface area contributed by atoms with Crippen LogP contribution in [0.2, 0.25) is 0 Å². The summed E-state index contributed by atoms with van der Waals surface area (Å²) in [6.45, 7) is 11.3. The lowest BCUT2D eigenvalue weighted by Crippen LogP contribution is -2.57. The Hall–Kier alpha value is -3.30. The molecule has 9 heteroatoms. The first-order valence-corrected chi connectivity index (χ1v) is 13.8. The predicted octanol–water partition coefficient (Wildman–Crippen LogP) is 4.35. The Bertz CT molecular complexity index is 1540. The van der Waals surface area contributed by atoms with E-state index in [4.69, 9.17) is 14.8 Å². The van der Waals surface area contributed by atoms with Gasteiger partial charge in [-0.1, -0.05) is 6.07 Å². The number of ether oxygens (including phenoxy) is 1. The third-order valence-electron chi connectivity index (χ3n) is 8.34. The Kier molecular flexibility index (Phi) is 6.44. The second-order valence-corrected chi connectivity index (χ2v) is 11.0. The van der Waals surface area contributed by atoms with Crippen LogP contribution in [0.5, 0.6) is 0 Å². The Morgan fingerprint density at radius 1 is 1.03 bits per heavy atom. The lowest BCUT2D eigenvalue weighted by Gasteiger charge is -2.48. The van der Waals surface area contributed by atoms with Crippen LogP contribution >= 0.6 is 0 Å². The maximum atomic E-state index is 12.7. The van der Waals surface area contributed by atoms with Crippen molar-refractivity contribution in [2.45, 2.75) is 71.3 Å². The van der Waals surface area contributed by atoms with E-state index in [1.165, 1.54) is 5.56 Å². The monoisotopic (exact) mass is 515 g/mol. The summed E-state index contributed by atoms with van der Waals surface area (Å²) < 4.78 is 9.97. The number of piperazine rings is 1. The van der Waals surface area contributed by atoms with Gasteiger partial charge in [-0.3, -0.25) is 14.7 Å². The molecule has 0 saturated carbocycles. The van der Waals surface area contributed by atoms with Crippen molar-refractivity contribution in [3.63, 3.8) is 0 Å². The molecule has 3 aromatic heterocycles. The number of benzene rings is 1. The lowest BCUT2D eigenvalue weighted by molar-refractivity contribution is -0.0386. The van der Waals surface area contributed by atoms with Crippen molar-refractivity contribution < 1.29 is 4.74 Å². The number of fused-ring (bicyclic) bond motifs is 2. The van der Waals surface area contributed by atoms with Crippen LogP contribution < -0.4 is 10.5 Å². The molecule has 200 valence electrons. The van der Waals surface area contributed by atoms with Gasteiger partial charge >= 0.3 is 0 Å². The molecule has 2 aliphatic heterocycles. The van der Waals surface area contributed by atoms with E-state index < -0.39 is 0 Å². The van der Waals surface area contributed by atoms with Crippen LogP contribution in [-0.2, 0) is 11.8 Å². The first-order chi connectivity index (χ1) is 18.3. The normalized spacial score (nSPS) is 23.8. The summed E-state index contributed by atoms with van der Waals surface area (Å²) in [6, 6.07) is 10.6. The van der Waals surface area contributed by atoms with Crippen LogP contribution in [-0.4, -0.2) is 61.0 Å². The highest BCUT2D eigenvalue weighted by Crippen LogP contribution is 2.37. The van der Waals surface area contributed by atoms with Gasteiger partial charge in [0.2, 0.25) is 0 Å². The van der Waals surface area contributed by atoms with E-state index in [1.807, 2.05) is 26.2 Å². The van der Waals surface area contributed by atoms with E-state index >= 15 is 0 Å². The minimum absolute atomic E-state index is 0.0227. The third-order valence-corrected chi connectivity index (χ3v) is 8.34. The van der Waals surface area contributed by atoms with Crippen molar-refractivity contribution in [2.75, 3.05) is 24.6 Å². The molecule has 4 aromatic rings. The Morgan fingerprint density at radius 2 is 1.84 bits per heavy atom. The molecule has 0 radical (unpaired) electrons. The highest BCUT2D eigenvalue weighted by Gasteiger charge is 2.36. The molecule has 38 heavy (non-hydrogen) atoms. The van der Waals surface area contributed by atoms with Crippen molar-refractivity contribution in [3.8, 4) is 0 Å². The molecule has 1 aromatic carbocycles. The topological polar surface area (TPSA) is 81.3 Å². The van der Waals surface area contributed by atoms with Crippen molar-refractivity contribution in [3.05, 3.63) is 58.1 Å². The summed E-state index contributed by atoms with van der Waals surface area (Å²) in [4.78, 5) is 26.9. The molecule has 9 nitrogen and oxygen atoms in total. The molecule has 0 amide bonds. The number of anilines is 1. The van der Waals surface area contributed by atoms with E-state index in [0.29, 0.717) is 0 Å². The van der Waals surface area contributed by atoms with Gasteiger partial charge in [-0.25, -0.2) is 9.67 Å². The van der Waals surface area contributed by atoms with E-state index in [-0.39, 0.29) is 29.9 Å². The molecule has 2 saturated heterocycles. The first kappa shape index (κ1) is 25.0. The highest BCUT2D eigenvalue weighted by atomic mass is 16.5. The molecule has 5 heterocycles. The van der Waals surface area contributed by atoms with Crippen LogP contribution in [0.3, 0.4) is 0 Å². The molecule has 0 N–H and O–H groups in total. The molecule has 2 fully saturated rings. The van der Waals surface area contributed by atoms with Gasteiger partial charge in [-0.2, -0.15) is 5.10 Å². The first-order valence-electron chi connectivity index (χ1n) is 13.8. The van der Waals surface area contributed by atoms with E-state index in [0.717, 1.165) is 72.5 Å². The van der Waals surface area contributed by atoms with Gasteiger partial charge in [0.1, 0.15) is 11.0 Å². The second-order valence-electron chi connectivity index (χ2n) is 11.0. The molecular formula is C29H37N7O2. The standard InChI is InChI=1S/C29H37N7O2/c1-18-15-30-23-10-9-22(14-25(23)31-18)21(4)34-16-20(3)35(17-19(34)2)29-28-24(11-12-26(37)33(28)5)32-36(29)27-8-6-7-13-38-27/h9-12,14-15,19-21,27H,6-8,13,16-17H2,1-5H3/t19-,20+,21+,27?/m1/s1. The zero-order valence-electron chi connectivity index (χ0n) is 23.0. The number of pyridine rings is 1. The highest BCUT2D eigenvalue weighted by molar-refractivity contribution is 5.87. The Morgan fingerprint density at radius 3 is 2.63 bits per heavy atom. The summed E-state index contributed by atoms with van der Waals surface area (Å²) >= 11 is 0. The van der Waals surface area contributed by atoms with Gasteiger partial charge < -0.3 is 14.2 Å². The quantitative estimate of drug-likeness (QED) is 0.400. The summed E-state index contributed by atoms with van der Waals surface area (Å²) in [7, 11) is 1.85. The fourth-order valence-corrected chi connectivity index (χ4v) is 6.19. The van der Waals surface area contributed by atoms with Gasteiger partial charge in [-0.05, 0) is 70.7 Å². The smallest absolute Gasteiger partial charge is 0.250 e. The average Bonchev–Trinajstić information content (AvgIpc) is 3.31. The van der Waals surface area contributed by atoms with Crippen molar-refractivity contribution >= 4 is 27.9 Å². The minimum atomic E-state index is -0.108. The number of hydrogen-bond donors (Lipinski definition) is 0. The van der Waals surface area contributed by atoms with Crippen molar-refractivity contribution in [1.29, 1.82) is 0 Å². The fraction of sp³-hybridized carbons (Fsp3) is 0.517. The zero-order chi connectivity index (χ0) is 26.6. The molecule has 0 aliphatic carbocycles. The summed E-state index contributed by atoms with van der Waals surface area (Å²) in [5, 5.41) is 4.97. The maximum absolute atomic E-state index is 12.7. The number of aryl methyl sites for hydroxylation is 2. The van der Waals surface area contributed by atoms with Crippen LogP contribution in [0, 0.1) is 6.92 Å². The Balaban J connectivity index is 1.34. The summed E-state index contributed by atoms with van der Waals surface area (Å²) in [6.07, 6.45) is 4.83. The van der Waals surface area contributed by atoms with Crippen LogP contribution in [0.25, 0.3) is 22.1 Å². The maximum Gasteiger partial charge on any atom is 0.250 e. The molecular weight excluding hydrogens is 478 g/mol. The van der Waals surface area contributed by atoms with Gasteiger partial charge in [-0.15, -0.1) is 0 Å². The molecule has 6 rings (SSSR count). The molecule has 2 aliphatic rings. The molecule has 0 bridgehead atoms. The molecule has 4 atom stereocenters. The number of nitrogens with zero attached hydrogens (tertiary/aromatic N) is 7.